The van der Waals surface area contributed by atoms with Crippen LogP contribution in [0.15, 0.2) is 52.8 Å². The van der Waals surface area contributed by atoms with E-state index in [1.54, 1.807) is 11.3 Å². The lowest BCUT2D eigenvalue weighted by Crippen LogP contribution is -2.48. The topological polar surface area (TPSA) is 68.8 Å². The van der Waals surface area contributed by atoms with Crippen LogP contribution >= 0.6 is 11.3 Å². The number of hydrogen-bond acceptors (Lipinski definition) is 4. The molecule has 1 aromatic carbocycles. The lowest BCUT2D eigenvalue weighted by molar-refractivity contribution is 0.0955. The SMILES string of the molecule is CCNC(=NCCNC(=O)c1ccccc1)NC1CCN(c2cccs2)CC1. The number of anilines is 1. The highest BCUT2D eigenvalue weighted by Crippen LogP contribution is 2.24. The normalized spacial score (nSPS) is 15.3. The molecular formula is C21H29N5OS. The van der Waals surface area contributed by atoms with Gasteiger partial charge in [0.25, 0.3) is 5.91 Å². The van der Waals surface area contributed by atoms with E-state index in [0.29, 0.717) is 24.7 Å². The van der Waals surface area contributed by atoms with Gasteiger partial charge in [-0.05, 0) is 49.4 Å². The van der Waals surface area contributed by atoms with Gasteiger partial charge in [0, 0.05) is 37.8 Å². The minimum atomic E-state index is -0.0605. The van der Waals surface area contributed by atoms with E-state index < -0.39 is 0 Å². The fourth-order valence-corrected chi connectivity index (χ4v) is 4.02. The zero-order valence-corrected chi connectivity index (χ0v) is 17.2. The first-order valence-electron chi connectivity index (χ1n) is 9.93. The number of rotatable bonds is 7. The van der Waals surface area contributed by atoms with Crippen LogP contribution in [-0.4, -0.2) is 50.6 Å². The number of carbonyl (C=O) groups excluding carboxylic acids is 1. The Kier molecular flexibility index (Phi) is 7.72. The summed E-state index contributed by atoms with van der Waals surface area (Å²) in [6.07, 6.45) is 2.18. The minimum absolute atomic E-state index is 0.0605. The van der Waals surface area contributed by atoms with Crippen molar-refractivity contribution in [3.05, 3.63) is 53.4 Å². The van der Waals surface area contributed by atoms with Gasteiger partial charge in [-0.15, -0.1) is 11.3 Å². The third-order valence-corrected chi connectivity index (χ3v) is 5.63. The number of amides is 1. The number of carbonyl (C=O) groups is 1. The molecule has 2 aromatic rings. The van der Waals surface area contributed by atoms with Crippen molar-refractivity contribution in [1.82, 2.24) is 16.0 Å². The molecule has 3 N–H and O–H groups in total. The lowest BCUT2D eigenvalue weighted by atomic mass is 10.1. The first-order valence-corrected chi connectivity index (χ1v) is 10.8. The van der Waals surface area contributed by atoms with E-state index in [-0.39, 0.29) is 5.91 Å². The molecule has 1 aliphatic rings. The maximum Gasteiger partial charge on any atom is 0.251 e. The molecule has 1 fully saturated rings. The number of nitrogens with one attached hydrogen (secondary N) is 3. The first-order chi connectivity index (χ1) is 13.8. The Morgan fingerprint density at radius 3 is 2.61 bits per heavy atom. The highest BCUT2D eigenvalue weighted by atomic mass is 32.1. The van der Waals surface area contributed by atoms with Gasteiger partial charge in [0.1, 0.15) is 0 Å². The molecule has 1 aromatic heterocycles. The molecule has 0 spiro atoms. The predicted molar refractivity (Wildman–Crippen MR) is 117 cm³/mol. The summed E-state index contributed by atoms with van der Waals surface area (Å²) in [5.74, 6) is 0.765. The highest BCUT2D eigenvalue weighted by Gasteiger charge is 2.20. The average Bonchev–Trinajstić information content (AvgIpc) is 3.27. The standard InChI is InChI=1S/C21H29N5OS/c1-2-22-21(24-13-12-23-20(27)17-7-4-3-5-8-17)25-18-10-14-26(15-11-18)19-9-6-16-28-19/h3-9,16,18H,2,10-15H2,1H3,(H,23,27)(H2,22,24,25). The van der Waals surface area contributed by atoms with Crippen molar-refractivity contribution in [3.63, 3.8) is 0 Å². The summed E-state index contributed by atoms with van der Waals surface area (Å²) < 4.78 is 0. The molecule has 1 saturated heterocycles. The number of guanidine groups is 1. The van der Waals surface area contributed by atoms with Gasteiger partial charge >= 0.3 is 0 Å². The molecule has 2 heterocycles. The molecule has 0 bridgehead atoms. The maximum atomic E-state index is 12.1. The van der Waals surface area contributed by atoms with Crippen molar-refractivity contribution < 1.29 is 4.79 Å². The Balaban J connectivity index is 1.42. The molecule has 1 aliphatic heterocycles. The van der Waals surface area contributed by atoms with Gasteiger partial charge < -0.3 is 20.9 Å². The van der Waals surface area contributed by atoms with Crippen LogP contribution in [0.25, 0.3) is 0 Å². The molecule has 0 aliphatic carbocycles. The summed E-state index contributed by atoms with van der Waals surface area (Å²) in [4.78, 5) is 19.1. The Hall–Kier alpha value is -2.54. The van der Waals surface area contributed by atoms with Crippen LogP contribution in [0.5, 0.6) is 0 Å². The number of aliphatic imine (C=N–C) groups is 1. The third-order valence-electron chi connectivity index (χ3n) is 4.70. The molecule has 0 radical (unpaired) electrons. The minimum Gasteiger partial charge on any atom is -0.363 e. The zero-order valence-electron chi connectivity index (χ0n) is 16.4. The molecule has 7 heteroatoms. The number of hydrogen-bond donors (Lipinski definition) is 3. The summed E-state index contributed by atoms with van der Waals surface area (Å²) in [6, 6.07) is 14.0. The Bertz CT molecular complexity index is 739. The molecule has 0 unspecified atom stereocenters. The van der Waals surface area contributed by atoms with Crippen LogP contribution in [-0.2, 0) is 0 Å². The second kappa shape index (κ2) is 10.7. The fourth-order valence-electron chi connectivity index (χ4n) is 3.24. The molecule has 0 saturated carbocycles. The summed E-state index contributed by atoms with van der Waals surface area (Å²) in [5.41, 5.74) is 0.675. The number of benzene rings is 1. The Morgan fingerprint density at radius 1 is 1.14 bits per heavy atom. The van der Waals surface area contributed by atoms with Crippen molar-refractivity contribution in [2.75, 3.05) is 37.6 Å². The highest BCUT2D eigenvalue weighted by molar-refractivity contribution is 7.14. The number of thiophene rings is 1. The van der Waals surface area contributed by atoms with Crippen LogP contribution < -0.4 is 20.9 Å². The molecule has 28 heavy (non-hydrogen) atoms. The van der Waals surface area contributed by atoms with Crippen LogP contribution in [0, 0.1) is 0 Å². The fraction of sp³-hybridized carbons (Fsp3) is 0.429. The molecule has 0 atom stereocenters. The molecule has 1 amide bonds. The van der Waals surface area contributed by atoms with E-state index in [1.807, 2.05) is 30.3 Å². The van der Waals surface area contributed by atoms with Crippen LogP contribution in [0.4, 0.5) is 5.00 Å². The van der Waals surface area contributed by atoms with Crippen LogP contribution in [0.3, 0.4) is 0 Å². The lowest BCUT2D eigenvalue weighted by Gasteiger charge is -2.33. The van der Waals surface area contributed by atoms with Crippen LogP contribution in [0.1, 0.15) is 30.1 Å². The number of nitrogens with zero attached hydrogens (tertiary/aromatic N) is 2. The van der Waals surface area contributed by atoms with E-state index in [0.717, 1.165) is 38.4 Å². The van der Waals surface area contributed by atoms with Crippen molar-refractivity contribution in [2.45, 2.75) is 25.8 Å². The van der Waals surface area contributed by atoms with E-state index >= 15 is 0 Å². The predicted octanol–water partition coefficient (Wildman–Crippen LogP) is 2.70. The molecule has 6 nitrogen and oxygen atoms in total. The van der Waals surface area contributed by atoms with E-state index in [9.17, 15) is 4.79 Å². The van der Waals surface area contributed by atoms with E-state index in [4.69, 9.17) is 0 Å². The first kappa shape index (κ1) is 20.2. The van der Waals surface area contributed by atoms with Crippen LogP contribution in [0.2, 0.25) is 0 Å². The van der Waals surface area contributed by atoms with Gasteiger partial charge in [0.05, 0.1) is 11.5 Å². The smallest absolute Gasteiger partial charge is 0.251 e. The van der Waals surface area contributed by atoms with Gasteiger partial charge in [0.2, 0.25) is 0 Å². The average molecular weight is 400 g/mol. The van der Waals surface area contributed by atoms with Crippen molar-refractivity contribution >= 4 is 28.2 Å². The summed E-state index contributed by atoms with van der Waals surface area (Å²) in [7, 11) is 0. The largest absolute Gasteiger partial charge is 0.363 e. The monoisotopic (exact) mass is 399 g/mol. The Labute approximate surface area is 171 Å². The van der Waals surface area contributed by atoms with Crippen molar-refractivity contribution in [1.29, 1.82) is 0 Å². The van der Waals surface area contributed by atoms with Gasteiger partial charge in [-0.3, -0.25) is 9.79 Å². The molecular weight excluding hydrogens is 370 g/mol. The van der Waals surface area contributed by atoms with E-state index in [2.05, 4.69) is 50.3 Å². The summed E-state index contributed by atoms with van der Waals surface area (Å²) >= 11 is 1.80. The molecule has 150 valence electrons. The van der Waals surface area contributed by atoms with Crippen molar-refractivity contribution in [2.24, 2.45) is 4.99 Å². The van der Waals surface area contributed by atoms with Crippen molar-refractivity contribution in [3.8, 4) is 0 Å². The number of piperidine rings is 1. The Morgan fingerprint density at radius 2 is 1.93 bits per heavy atom. The third kappa shape index (κ3) is 5.99. The maximum absolute atomic E-state index is 12.1. The summed E-state index contributed by atoms with van der Waals surface area (Å²) in [6.45, 7) is 6.06. The van der Waals surface area contributed by atoms with Gasteiger partial charge in [-0.1, -0.05) is 18.2 Å². The van der Waals surface area contributed by atoms with E-state index in [1.165, 1.54) is 5.00 Å². The second-order valence-corrected chi connectivity index (χ2v) is 7.67. The zero-order chi connectivity index (χ0) is 19.6. The summed E-state index contributed by atoms with van der Waals surface area (Å²) in [5, 5.41) is 13.2. The van der Waals surface area contributed by atoms with Gasteiger partial charge in [0.15, 0.2) is 5.96 Å². The second-order valence-electron chi connectivity index (χ2n) is 6.74. The molecule has 3 rings (SSSR count). The van der Waals surface area contributed by atoms with Gasteiger partial charge in [-0.2, -0.15) is 0 Å². The quantitative estimate of drug-likeness (QED) is 0.380. The van der Waals surface area contributed by atoms with Gasteiger partial charge in [-0.25, -0.2) is 0 Å².